The lowest BCUT2D eigenvalue weighted by Gasteiger charge is -2.23. The Hall–Kier alpha value is -4.19. The molecular formula is C29H27FN2O3. The first-order chi connectivity index (χ1) is 17.1. The first-order valence-electron chi connectivity index (χ1n) is 11.4. The summed E-state index contributed by atoms with van der Waals surface area (Å²) in [6, 6.07) is 25.1. The minimum absolute atomic E-state index is 0.0768. The van der Waals surface area contributed by atoms with E-state index in [9.17, 15) is 9.18 Å². The maximum absolute atomic E-state index is 13.4. The Morgan fingerprint density at radius 1 is 0.829 bits per heavy atom. The van der Waals surface area contributed by atoms with Gasteiger partial charge in [0.15, 0.2) is 0 Å². The number of carbonyl (C=O) groups is 1. The van der Waals surface area contributed by atoms with Crippen molar-refractivity contribution < 1.29 is 18.7 Å². The van der Waals surface area contributed by atoms with Crippen LogP contribution >= 0.6 is 0 Å². The van der Waals surface area contributed by atoms with Gasteiger partial charge in [0, 0.05) is 37.5 Å². The predicted molar refractivity (Wildman–Crippen MR) is 133 cm³/mol. The van der Waals surface area contributed by atoms with E-state index in [2.05, 4.69) is 4.98 Å². The summed E-state index contributed by atoms with van der Waals surface area (Å²) in [5, 5.41) is 0. The Morgan fingerprint density at radius 3 is 2.26 bits per heavy atom. The van der Waals surface area contributed by atoms with Crippen LogP contribution in [0.5, 0.6) is 11.5 Å². The first kappa shape index (κ1) is 24.0. The Balaban J connectivity index is 1.46. The quantitative estimate of drug-likeness (QED) is 0.299. The van der Waals surface area contributed by atoms with E-state index in [-0.39, 0.29) is 11.7 Å². The summed E-state index contributed by atoms with van der Waals surface area (Å²) >= 11 is 0. The third-order valence-corrected chi connectivity index (χ3v) is 5.59. The molecule has 0 aliphatic rings. The number of aromatic nitrogens is 1. The third kappa shape index (κ3) is 6.90. The molecule has 178 valence electrons. The van der Waals surface area contributed by atoms with Gasteiger partial charge in [0.1, 0.15) is 17.3 Å². The van der Waals surface area contributed by atoms with Crippen LogP contribution in [0.3, 0.4) is 0 Å². The van der Waals surface area contributed by atoms with Gasteiger partial charge in [0.05, 0.1) is 13.7 Å². The van der Waals surface area contributed by atoms with E-state index in [0.717, 1.165) is 22.4 Å². The lowest BCUT2D eigenvalue weighted by molar-refractivity contribution is 0.0729. The number of nitrogens with zero attached hydrogens (tertiary/aromatic N) is 2. The molecule has 4 rings (SSSR count). The van der Waals surface area contributed by atoms with E-state index in [0.29, 0.717) is 37.4 Å². The summed E-state index contributed by atoms with van der Waals surface area (Å²) in [5.41, 5.74) is 3.55. The summed E-state index contributed by atoms with van der Waals surface area (Å²) in [6.45, 7) is 1.34. The molecule has 6 heteroatoms. The van der Waals surface area contributed by atoms with Crippen LogP contribution in [-0.4, -0.2) is 29.5 Å². The van der Waals surface area contributed by atoms with Crippen LogP contribution in [0.4, 0.5) is 4.39 Å². The molecule has 4 aromatic rings. The van der Waals surface area contributed by atoms with Crippen LogP contribution in [0.15, 0.2) is 97.3 Å². The van der Waals surface area contributed by atoms with Crippen molar-refractivity contribution in [2.75, 3.05) is 13.7 Å². The highest BCUT2D eigenvalue weighted by Crippen LogP contribution is 2.20. The highest BCUT2D eigenvalue weighted by molar-refractivity contribution is 5.94. The number of pyridine rings is 1. The fourth-order valence-electron chi connectivity index (χ4n) is 3.72. The van der Waals surface area contributed by atoms with Gasteiger partial charge >= 0.3 is 0 Å². The maximum atomic E-state index is 13.4. The minimum Gasteiger partial charge on any atom is -0.497 e. The lowest BCUT2D eigenvalue weighted by Crippen LogP contribution is -2.30. The van der Waals surface area contributed by atoms with Crippen molar-refractivity contribution in [1.82, 2.24) is 9.88 Å². The molecular weight excluding hydrogens is 443 g/mol. The number of methoxy groups -OCH3 is 1. The number of rotatable bonds is 10. The Labute approximate surface area is 204 Å². The SMILES string of the molecule is COc1ccc(C(=O)N(Cc2ccncc2)Cc2cccc(OCCc3ccc(F)cc3)c2)cc1. The molecule has 5 nitrogen and oxygen atoms in total. The fourth-order valence-corrected chi connectivity index (χ4v) is 3.72. The summed E-state index contributed by atoms with van der Waals surface area (Å²) in [4.78, 5) is 19.3. The topological polar surface area (TPSA) is 51.7 Å². The third-order valence-electron chi connectivity index (χ3n) is 5.59. The van der Waals surface area contributed by atoms with Crippen molar-refractivity contribution in [2.45, 2.75) is 19.5 Å². The van der Waals surface area contributed by atoms with E-state index in [1.165, 1.54) is 12.1 Å². The molecule has 0 spiro atoms. The highest BCUT2D eigenvalue weighted by atomic mass is 19.1. The molecule has 35 heavy (non-hydrogen) atoms. The van der Waals surface area contributed by atoms with Crippen LogP contribution in [0.2, 0.25) is 0 Å². The molecule has 0 N–H and O–H groups in total. The monoisotopic (exact) mass is 470 g/mol. The Bertz CT molecular complexity index is 1230. The van der Waals surface area contributed by atoms with Crippen molar-refractivity contribution in [1.29, 1.82) is 0 Å². The molecule has 0 aliphatic carbocycles. The summed E-state index contributed by atoms with van der Waals surface area (Å²) < 4.78 is 24.2. The molecule has 0 saturated carbocycles. The smallest absolute Gasteiger partial charge is 0.254 e. The number of benzene rings is 3. The summed E-state index contributed by atoms with van der Waals surface area (Å²) in [5.74, 6) is 1.10. The average molecular weight is 471 g/mol. The zero-order chi connectivity index (χ0) is 24.5. The van der Waals surface area contributed by atoms with E-state index >= 15 is 0 Å². The average Bonchev–Trinajstić information content (AvgIpc) is 2.90. The molecule has 1 aromatic heterocycles. The van der Waals surface area contributed by atoms with Crippen molar-refractivity contribution in [3.8, 4) is 11.5 Å². The number of carbonyl (C=O) groups excluding carboxylic acids is 1. The number of hydrogen-bond acceptors (Lipinski definition) is 4. The van der Waals surface area contributed by atoms with Gasteiger partial charge in [-0.3, -0.25) is 9.78 Å². The van der Waals surface area contributed by atoms with Crippen LogP contribution in [0.25, 0.3) is 0 Å². The minimum atomic E-state index is -0.247. The van der Waals surface area contributed by atoms with Gasteiger partial charge in [0.2, 0.25) is 0 Å². The van der Waals surface area contributed by atoms with E-state index in [1.807, 2.05) is 36.4 Å². The molecule has 0 fully saturated rings. The molecule has 0 bridgehead atoms. The molecule has 0 aliphatic heterocycles. The predicted octanol–water partition coefficient (Wildman–Crippen LogP) is 5.69. The van der Waals surface area contributed by atoms with Crippen molar-refractivity contribution >= 4 is 5.91 Å². The second kappa shape index (κ2) is 11.8. The molecule has 1 amide bonds. The van der Waals surface area contributed by atoms with E-state index in [4.69, 9.17) is 9.47 Å². The summed E-state index contributed by atoms with van der Waals surface area (Å²) in [7, 11) is 1.60. The van der Waals surface area contributed by atoms with Gasteiger partial charge < -0.3 is 14.4 Å². The highest BCUT2D eigenvalue weighted by Gasteiger charge is 2.17. The van der Waals surface area contributed by atoms with Crippen molar-refractivity contribution in [3.05, 3.63) is 125 Å². The van der Waals surface area contributed by atoms with Crippen LogP contribution in [0.1, 0.15) is 27.0 Å². The van der Waals surface area contributed by atoms with Gasteiger partial charge in [-0.2, -0.15) is 0 Å². The lowest BCUT2D eigenvalue weighted by atomic mass is 10.1. The number of hydrogen-bond donors (Lipinski definition) is 0. The molecule has 3 aromatic carbocycles. The molecule has 1 heterocycles. The number of amides is 1. The van der Waals surface area contributed by atoms with Crippen LogP contribution in [-0.2, 0) is 19.5 Å². The van der Waals surface area contributed by atoms with Crippen LogP contribution < -0.4 is 9.47 Å². The van der Waals surface area contributed by atoms with Crippen molar-refractivity contribution in [2.24, 2.45) is 0 Å². The second-order valence-electron chi connectivity index (χ2n) is 8.12. The van der Waals surface area contributed by atoms with Gasteiger partial charge in [-0.25, -0.2) is 4.39 Å². The van der Waals surface area contributed by atoms with Gasteiger partial charge in [-0.1, -0.05) is 24.3 Å². The molecule has 0 unspecified atom stereocenters. The zero-order valence-electron chi connectivity index (χ0n) is 19.6. The zero-order valence-corrected chi connectivity index (χ0v) is 19.6. The molecule has 0 atom stereocenters. The molecule has 0 saturated heterocycles. The normalized spacial score (nSPS) is 10.6. The summed E-state index contributed by atoms with van der Waals surface area (Å²) in [6.07, 6.45) is 4.12. The first-order valence-corrected chi connectivity index (χ1v) is 11.4. The van der Waals surface area contributed by atoms with Crippen molar-refractivity contribution in [3.63, 3.8) is 0 Å². The maximum Gasteiger partial charge on any atom is 0.254 e. The standard InChI is InChI=1S/C29H27FN2O3/c1-34-27-11-7-25(8-12-27)29(33)32(20-23-13-16-31-17-14-23)21-24-3-2-4-28(19-24)35-18-15-22-5-9-26(30)10-6-22/h2-14,16-17,19H,15,18,20-21H2,1H3. The molecule has 0 radical (unpaired) electrons. The Morgan fingerprint density at radius 2 is 1.54 bits per heavy atom. The van der Waals surface area contributed by atoms with Crippen LogP contribution in [0, 0.1) is 5.82 Å². The van der Waals surface area contributed by atoms with E-state index < -0.39 is 0 Å². The van der Waals surface area contributed by atoms with Gasteiger partial charge in [0.25, 0.3) is 5.91 Å². The van der Waals surface area contributed by atoms with Gasteiger partial charge in [-0.15, -0.1) is 0 Å². The van der Waals surface area contributed by atoms with E-state index in [1.54, 1.807) is 60.8 Å². The number of halogens is 1. The second-order valence-corrected chi connectivity index (χ2v) is 8.12. The fraction of sp³-hybridized carbons (Fsp3) is 0.172. The number of ether oxygens (including phenoxy) is 2. The van der Waals surface area contributed by atoms with Gasteiger partial charge in [-0.05, 0) is 77.4 Å². The Kier molecular flexibility index (Phi) is 8.07. The largest absolute Gasteiger partial charge is 0.497 e.